The van der Waals surface area contributed by atoms with Crippen LogP contribution in [0.15, 0.2) is 53.8 Å². The van der Waals surface area contributed by atoms with Gasteiger partial charge in [-0.05, 0) is 18.2 Å². The van der Waals surface area contributed by atoms with E-state index in [0.29, 0.717) is 12.5 Å². The van der Waals surface area contributed by atoms with Crippen molar-refractivity contribution in [2.45, 2.75) is 6.54 Å². The summed E-state index contributed by atoms with van der Waals surface area (Å²) < 4.78 is 6.90. The molecule has 3 N–H and O–H groups in total. The molecule has 0 aliphatic heterocycles. The molecule has 2 aromatic heterocycles. The zero-order chi connectivity index (χ0) is 15.4. The fraction of sp³-hybridized carbons (Fsp3) is 0.133. The monoisotopic (exact) mass is 296 g/mol. The number of hydrogen-bond acceptors (Lipinski definition) is 4. The minimum atomic E-state index is 0.324. The number of ether oxygens (including phenoxy) is 1. The summed E-state index contributed by atoms with van der Waals surface area (Å²) in [5.74, 6) is 1.08. The fourth-order valence-electron chi connectivity index (χ4n) is 2.06. The lowest BCUT2D eigenvalue weighted by molar-refractivity contribution is 0.415. The normalized spacial score (nSPS) is 11.6. The Kier molecular flexibility index (Phi) is 3.86. The van der Waals surface area contributed by atoms with Gasteiger partial charge < -0.3 is 15.8 Å². The van der Waals surface area contributed by atoms with E-state index in [0.717, 1.165) is 22.8 Å². The molecule has 112 valence electrons. The zero-order valence-electron chi connectivity index (χ0n) is 12.1. The molecule has 3 aromatic rings. The first-order valence-electron chi connectivity index (χ1n) is 6.75. The minimum Gasteiger partial charge on any atom is -0.497 e. The summed E-state index contributed by atoms with van der Waals surface area (Å²) in [7, 11) is 1.62. The van der Waals surface area contributed by atoms with Gasteiger partial charge in [0.05, 0.1) is 25.5 Å². The summed E-state index contributed by atoms with van der Waals surface area (Å²) in [5, 5.41) is 7.24. The molecule has 7 nitrogen and oxygen atoms in total. The molecular weight excluding hydrogens is 280 g/mol. The lowest BCUT2D eigenvalue weighted by Crippen LogP contribution is -2.22. The lowest BCUT2D eigenvalue weighted by atomic mass is 10.3. The minimum absolute atomic E-state index is 0.324. The van der Waals surface area contributed by atoms with Crippen LogP contribution in [-0.4, -0.2) is 27.7 Å². The Bertz CT molecular complexity index is 810. The van der Waals surface area contributed by atoms with Gasteiger partial charge in [-0.15, -0.1) is 0 Å². The van der Waals surface area contributed by atoms with E-state index in [4.69, 9.17) is 10.5 Å². The van der Waals surface area contributed by atoms with Crippen LogP contribution in [0.1, 0.15) is 5.69 Å². The molecule has 0 spiro atoms. The number of anilines is 1. The molecule has 0 atom stereocenters. The van der Waals surface area contributed by atoms with Crippen molar-refractivity contribution < 1.29 is 4.74 Å². The van der Waals surface area contributed by atoms with Crippen molar-refractivity contribution in [3.8, 4) is 5.75 Å². The third-order valence-electron chi connectivity index (χ3n) is 3.12. The van der Waals surface area contributed by atoms with Crippen LogP contribution in [0.3, 0.4) is 0 Å². The quantitative estimate of drug-likeness (QED) is 0.564. The van der Waals surface area contributed by atoms with Gasteiger partial charge in [-0.2, -0.15) is 5.10 Å². The van der Waals surface area contributed by atoms with Crippen LogP contribution in [0.4, 0.5) is 5.69 Å². The van der Waals surface area contributed by atoms with Crippen molar-refractivity contribution in [3.63, 3.8) is 0 Å². The summed E-state index contributed by atoms with van der Waals surface area (Å²) in [6.45, 7) is 0.406. The van der Waals surface area contributed by atoms with E-state index in [1.54, 1.807) is 24.0 Å². The highest BCUT2D eigenvalue weighted by atomic mass is 16.5. The van der Waals surface area contributed by atoms with Crippen molar-refractivity contribution in [2.75, 3.05) is 12.4 Å². The SMILES string of the molecule is COc1cccc(NC(N)=NCc2ccnc3ccnn23)c1. The number of benzene rings is 1. The highest BCUT2D eigenvalue weighted by molar-refractivity contribution is 5.92. The molecule has 1 aromatic carbocycles. The third kappa shape index (κ3) is 2.98. The van der Waals surface area contributed by atoms with Gasteiger partial charge in [0.25, 0.3) is 0 Å². The topological polar surface area (TPSA) is 89.8 Å². The van der Waals surface area contributed by atoms with Crippen LogP contribution < -0.4 is 15.8 Å². The first-order chi connectivity index (χ1) is 10.8. The molecule has 0 unspecified atom stereocenters. The number of methoxy groups -OCH3 is 1. The molecule has 0 fully saturated rings. The van der Waals surface area contributed by atoms with Crippen LogP contribution in [0.25, 0.3) is 5.65 Å². The first-order valence-corrected chi connectivity index (χ1v) is 6.75. The lowest BCUT2D eigenvalue weighted by Gasteiger charge is -2.07. The summed E-state index contributed by atoms with van der Waals surface area (Å²) in [6.07, 6.45) is 3.43. The Balaban J connectivity index is 1.73. The molecule has 0 amide bonds. The standard InChI is InChI=1S/C15H16N6O/c1-22-13-4-2-3-11(9-13)20-15(16)18-10-12-5-7-17-14-6-8-19-21(12)14/h2-9H,10H2,1H3,(H3,16,18,20). The molecule has 0 aliphatic carbocycles. The molecule has 3 rings (SSSR count). The number of aromatic nitrogens is 3. The van der Waals surface area contributed by atoms with E-state index in [9.17, 15) is 0 Å². The number of aliphatic imine (C=N–C) groups is 1. The zero-order valence-corrected chi connectivity index (χ0v) is 12.1. The maximum absolute atomic E-state index is 5.92. The summed E-state index contributed by atoms with van der Waals surface area (Å²) >= 11 is 0. The Morgan fingerprint density at radius 2 is 2.23 bits per heavy atom. The van der Waals surface area contributed by atoms with Crippen molar-refractivity contribution in [1.29, 1.82) is 0 Å². The Morgan fingerprint density at radius 1 is 1.32 bits per heavy atom. The Labute approximate surface area is 127 Å². The number of fused-ring (bicyclic) bond motifs is 1. The summed E-state index contributed by atoms with van der Waals surface area (Å²) in [5.41, 5.74) is 8.43. The average Bonchev–Trinajstić information content (AvgIpc) is 3.02. The molecule has 0 bridgehead atoms. The van der Waals surface area contributed by atoms with E-state index in [1.165, 1.54) is 0 Å². The van der Waals surface area contributed by atoms with Crippen molar-refractivity contribution in [1.82, 2.24) is 14.6 Å². The number of nitrogens with two attached hydrogens (primary N) is 1. The van der Waals surface area contributed by atoms with Crippen LogP contribution in [0, 0.1) is 0 Å². The molecule has 22 heavy (non-hydrogen) atoms. The third-order valence-corrected chi connectivity index (χ3v) is 3.12. The smallest absolute Gasteiger partial charge is 0.193 e. The van der Waals surface area contributed by atoms with Crippen molar-refractivity contribution in [2.24, 2.45) is 10.7 Å². The largest absolute Gasteiger partial charge is 0.497 e. The van der Waals surface area contributed by atoms with Crippen LogP contribution in [-0.2, 0) is 6.54 Å². The van der Waals surface area contributed by atoms with E-state index >= 15 is 0 Å². The van der Waals surface area contributed by atoms with Crippen LogP contribution >= 0.6 is 0 Å². The molecule has 0 aliphatic rings. The molecule has 0 saturated heterocycles. The van der Waals surface area contributed by atoms with Crippen molar-refractivity contribution >= 4 is 17.3 Å². The van der Waals surface area contributed by atoms with E-state index in [2.05, 4.69) is 20.4 Å². The Morgan fingerprint density at radius 3 is 3.09 bits per heavy atom. The molecule has 0 saturated carbocycles. The molecular formula is C15H16N6O. The molecule has 0 radical (unpaired) electrons. The highest BCUT2D eigenvalue weighted by Crippen LogP contribution is 2.16. The fourth-order valence-corrected chi connectivity index (χ4v) is 2.06. The van der Waals surface area contributed by atoms with Gasteiger partial charge in [-0.3, -0.25) is 0 Å². The maximum Gasteiger partial charge on any atom is 0.193 e. The first kappa shape index (κ1) is 13.9. The highest BCUT2D eigenvalue weighted by Gasteiger charge is 2.02. The molecule has 7 heteroatoms. The number of nitrogens with zero attached hydrogens (tertiary/aromatic N) is 4. The van der Waals surface area contributed by atoms with Gasteiger partial charge in [-0.1, -0.05) is 6.07 Å². The predicted octanol–water partition coefficient (Wildman–Crippen LogP) is 1.66. The van der Waals surface area contributed by atoms with Gasteiger partial charge in [0.2, 0.25) is 0 Å². The number of nitrogens with one attached hydrogen (secondary N) is 1. The number of guanidine groups is 1. The van der Waals surface area contributed by atoms with Gasteiger partial charge in [0.1, 0.15) is 5.75 Å². The molecule has 2 heterocycles. The van der Waals surface area contributed by atoms with Crippen LogP contribution in [0.2, 0.25) is 0 Å². The van der Waals surface area contributed by atoms with E-state index < -0.39 is 0 Å². The second kappa shape index (κ2) is 6.13. The van der Waals surface area contributed by atoms with Gasteiger partial charge in [0, 0.05) is 24.0 Å². The maximum atomic E-state index is 5.92. The predicted molar refractivity (Wildman–Crippen MR) is 84.9 cm³/mol. The van der Waals surface area contributed by atoms with Gasteiger partial charge in [0.15, 0.2) is 11.6 Å². The number of hydrogen-bond donors (Lipinski definition) is 2. The second-order valence-electron chi connectivity index (χ2n) is 4.60. The summed E-state index contributed by atoms with van der Waals surface area (Å²) in [4.78, 5) is 8.54. The van der Waals surface area contributed by atoms with E-state index in [1.807, 2.05) is 36.4 Å². The van der Waals surface area contributed by atoms with Crippen molar-refractivity contribution in [3.05, 3.63) is 54.5 Å². The van der Waals surface area contributed by atoms with Gasteiger partial charge >= 0.3 is 0 Å². The van der Waals surface area contributed by atoms with E-state index in [-0.39, 0.29) is 0 Å². The summed E-state index contributed by atoms with van der Waals surface area (Å²) in [6, 6.07) is 11.2. The second-order valence-corrected chi connectivity index (χ2v) is 4.60. The number of rotatable bonds is 4. The Hall–Kier alpha value is -3.09. The van der Waals surface area contributed by atoms with Gasteiger partial charge in [-0.25, -0.2) is 14.5 Å². The van der Waals surface area contributed by atoms with Crippen LogP contribution in [0.5, 0.6) is 5.75 Å². The average molecular weight is 296 g/mol.